The lowest BCUT2D eigenvalue weighted by molar-refractivity contribution is -0.119. The fraction of sp³-hybridized carbons (Fsp3) is 0.158. The first-order valence-corrected chi connectivity index (χ1v) is 9.43. The Kier molecular flexibility index (Phi) is 6.11. The number of hydrogen-bond acceptors (Lipinski definition) is 5. The summed E-state index contributed by atoms with van der Waals surface area (Å²) >= 11 is 9.40. The Bertz CT molecular complexity index is 1030. The maximum atomic E-state index is 12.4. The minimum atomic E-state index is -0.792. The number of carbonyl (C=O) groups is 2. The third-order valence-corrected chi connectivity index (χ3v) is 4.55. The van der Waals surface area contributed by atoms with Crippen LogP contribution < -0.4 is 5.32 Å². The van der Waals surface area contributed by atoms with Gasteiger partial charge in [0.2, 0.25) is 0 Å². The summed E-state index contributed by atoms with van der Waals surface area (Å²) in [5.41, 5.74) is 2.19. The lowest BCUT2D eigenvalue weighted by Crippen LogP contribution is -2.21. The number of benzene rings is 1. The quantitative estimate of drug-likeness (QED) is 0.576. The van der Waals surface area contributed by atoms with Crippen LogP contribution in [0.5, 0.6) is 0 Å². The molecule has 1 amide bonds. The Balaban J connectivity index is 1.68. The van der Waals surface area contributed by atoms with Crippen molar-refractivity contribution in [2.75, 3.05) is 11.9 Å². The summed E-state index contributed by atoms with van der Waals surface area (Å²) in [6, 6.07) is 12.1. The minimum Gasteiger partial charge on any atom is -0.451 e. The molecule has 7 nitrogen and oxygen atoms in total. The van der Waals surface area contributed by atoms with Gasteiger partial charge in [0.15, 0.2) is 18.1 Å². The van der Waals surface area contributed by atoms with Gasteiger partial charge in [0.05, 0.1) is 10.7 Å². The lowest BCUT2D eigenvalue weighted by Gasteiger charge is -2.09. The molecular weight excluding hydrogens is 448 g/mol. The molecule has 0 unspecified atom stereocenters. The third-order valence-electron chi connectivity index (χ3n) is 3.71. The molecule has 1 N–H and O–H groups in total. The highest BCUT2D eigenvalue weighted by molar-refractivity contribution is 9.10. The summed E-state index contributed by atoms with van der Waals surface area (Å²) in [7, 11) is 0. The van der Waals surface area contributed by atoms with Gasteiger partial charge in [0, 0.05) is 15.9 Å². The zero-order valence-electron chi connectivity index (χ0n) is 15.1. The summed E-state index contributed by atoms with van der Waals surface area (Å²) in [6.07, 6.45) is 0. The molecule has 1 aromatic carbocycles. The molecule has 0 atom stereocenters. The largest absolute Gasteiger partial charge is 0.451 e. The van der Waals surface area contributed by atoms with Gasteiger partial charge in [-0.25, -0.2) is 14.5 Å². The summed E-state index contributed by atoms with van der Waals surface area (Å²) in [6.45, 7) is 3.27. The van der Waals surface area contributed by atoms with E-state index in [1.54, 1.807) is 41.1 Å². The number of aryl methyl sites for hydroxylation is 2. The molecule has 0 radical (unpaired) electrons. The van der Waals surface area contributed by atoms with Crippen LogP contribution in [0.1, 0.15) is 21.9 Å². The SMILES string of the molecule is Cc1cc(C)n(-c2ccc(Cl)c(C(=O)OCC(=O)Nc3ccc(Br)cc3)n2)n1. The Morgan fingerprint density at radius 2 is 1.89 bits per heavy atom. The summed E-state index contributed by atoms with van der Waals surface area (Å²) < 4.78 is 7.55. The van der Waals surface area contributed by atoms with Crippen molar-refractivity contribution in [1.82, 2.24) is 14.8 Å². The van der Waals surface area contributed by atoms with Crippen LogP contribution in [-0.4, -0.2) is 33.2 Å². The van der Waals surface area contributed by atoms with Crippen LogP contribution in [0.2, 0.25) is 5.02 Å². The van der Waals surface area contributed by atoms with E-state index in [1.807, 2.05) is 19.9 Å². The minimum absolute atomic E-state index is 0.0804. The summed E-state index contributed by atoms with van der Waals surface area (Å²) in [4.78, 5) is 28.6. The molecule has 3 aromatic rings. The standard InChI is InChI=1S/C19H16BrClN4O3/c1-11-9-12(2)25(24-11)16-8-7-15(21)18(23-16)19(27)28-10-17(26)22-14-5-3-13(20)4-6-14/h3-9H,10H2,1-2H3,(H,22,26). The molecule has 28 heavy (non-hydrogen) atoms. The number of carbonyl (C=O) groups excluding carboxylic acids is 2. The molecule has 0 saturated heterocycles. The fourth-order valence-corrected chi connectivity index (χ4v) is 2.93. The zero-order valence-corrected chi connectivity index (χ0v) is 17.4. The number of halogens is 2. The third kappa shape index (κ3) is 4.76. The molecule has 0 saturated carbocycles. The first kappa shape index (κ1) is 20.0. The summed E-state index contributed by atoms with van der Waals surface area (Å²) in [5, 5.41) is 7.09. The van der Waals surface area contributed by atoms with Crippen molar-refractivity contribution in [3.63, 3.8) is 0 Å². The summed E-state index contributed by atoms with van der Waals surface area (Å²) in [5.74, 6) is -0.831. The number of esters is 1. The number of ether oxygens (including phenoxy) is 1. The first-order valence-electron chi connectivity index (χ1n) is 8.26. The monoisotopic (exact) mass is 462 g/mol. The van der Waals surface area contributed by atoms with Crippen molar-refractivity contribution < 1.29 is 14.3 Å². The van der Waals surface area contributed by atoms with Gasteiger partial charge in [-0.3, -0.25) is 4.79 Å². The average molecular weight is 464 g/mol. The predicted molar refractivity (Wildman–Crippen MR) is 109 cm³/mol. The lowest BCUT2D eigenvalue weighted by atomic mass is 10.3. The fourth-order valence-electron chi connectivity index (χ4n) is 2.48. The van der Waals surface area contributed by atoms with E-state index in [9.17, 15) is 9.59 Å². The van der Waals surface area contributed by atoms with Gasteiger partial charge >= 0.3 is 5.97 Å². The number of hydrogen-bond donors (Lipinski definition) is 1. The van der Waals surface area contributed by atoms with E-state index >= 15 is 0 Å². The van der Waals surface area contributed by atoms with E-state index in [4.69, 9.17) is 16.3 Å². The van der Waals surface area contributed by atoms with Gasteiger partial charge in [-0.15, -0.1) is 0 Å². The van der Waals surface area contributed by atoms with E-state index in [0.29, 0.717) is 11.5 Å². The van der Waals surface area contributed by atoms with Gasteiger partial charge in [-0.1, -0.05) is 27.5 Å². The van der Waals surface area contributed by atoms with E-state index in [1.165, 1.54) is 0 Å². The number of aromatic nitrogens is 3. The highest BCUT2D eigenvalue weighted by Gasteiger charge is 2.18. The smallest absolute Gasteiger partial charge is 0.359 e. The second-order valence-electron chi connectivity index (χ2n) is 5.97. The van der Waals surface area contributed by atoms with Crippen LogP contribution in [-0.2, 0) is 9.53 Å². The van der Waals surface area contributed by atoms with E-state index in [2.05, 4.69) is 31.3 Å². The van der Waals surface area contributed by atoms with Crippen molar-refractivity contribution >= 4 is 45.1 Å². The normalized spacial score (nSPS) is 10.6. The molecule has 0 fully saturated rings. The number of anilines is 1. The number of amides is 1. The molecule has 0 spiro atoms. The van der Waals surface area contributed by atoms with Gasteiger partial charge in [0.1, 0.15) is 0 Å². The second-order valence-corrected chi connectivity index (χ2v) is 7.29. The van der Waals surface area contributed by atoms with E-state index in [0.717, 1.165) is 15.9 Å². The van der Waals surface area contributed by atoms with Crippen LogP contribution in [0.25, 0.3) is 5.82 Å². The average Bonchev–Trinajstić information content (AvgIpc) is 3.00. The molecule has 0 aliphatic heterocycles. The van der Waals surface area contributed by atoms with Crippen molar-refractivity contribution in [2.45, 2.75) is 13.8 Å². The van der Waals surface area contributed by atoms with Gasteiger partial charge in [-0.2, -0.15) is 5.10 Å². The highest BCUT2D eigenvalue weighted by Crippen LogP contribution is 2.19. The topological polar surface area (TPSA) is 86.1 Å². The van der Waals surface area contributed by atoms with Crippen molar-refractivity contribution in [2.24, 2.45) is 0 Å². The number of rotatable bonds is 5. The molecule has 9 heteroatoms. The Morgan fingerprint density at radius 1 is 1.18 bits per heavy atom. The van der Waals surface area contributed by atoms with E-state index < -0.39 is 18.5 Å². The van der Waals surface area contributed by atoms with Gasteiger partial charge in [0.25, 0.3) is 5.91 Å². The van der Waals surface area contributed by atoms with Crippen LogP contribution in [0.4, 0.5) is 5.69 Å². The van der Waals surface area contributed by atoms with Crippen LogP contribution >= 0.6 is 27.5 Å². The number of nitrogens with one attached hydrogen (secondary N) is 1. The van der Waals surface area contributed by atoms with Crippen molar-refractivity contribution in [3.05, 3.63) is 69.0 Å². The zero-order chi connectivity index (χ0) is 20.3. The number of pyridine rings is 1. The Labute approximate surface area is 174 Å². The van der Waals surface area contributed by atoms with Crippen LogP contribution in [0.3, 0.4) is 0 Å². The molecule has 0 bridgehead atoms. The van der Waals surface area contributed by atoms with Crippen molar-refractivity contribution in [1.29, 1.82) is 0 Å². The van der Waals surface area contributed by atoms with Gasteiger partial charge in [-0.05, 0) is 56.3 Å². The second kappa shape index (κ2) is 8.53. The molecular formula is C19H16BrClN4O3. The Morgan fingerprint density at radius 3 is 2.54 bits per heavy atom. The Hall–Kier alpha value is -2.71. The molecule has 2 aromatic heterocycles. The maximum absolute atomic E-state index is 12.4. The highest BCUT2D eigenvalue weighted by atomic mass is 79.9. The maximum Gasteiger partial charge on any atom is 0.359 e. The van der Waals surface area contributed by atoms with Crippen LogP contribution in [0, 0.1) is 13.8 Å². The molecule has 2 heterocycles. The predicted octanol–water partition coefficient (Wildman–Crippen LogP) is 4.10. The van der Waals surface area contributed by atoms with Gasteiger partial charge < -0.3 is 10.1 Å². The molecule has 144 valence electrons. The molecule has 3 rings (SSSR count). The van der Waals surface area contributed by atoms with Crippen LogP contribution in [0.15, 0.2) is 46.9 Å². The molecule has 0 aliphatic carbocycles. The molecule has 0 aliphatic rings. The first-order chi connectivity index (χ1) is 13.3. The van der Waals surface area contributed by atoms with Crippen molar-refractivity contribution in [3.8, 4) is 5.82 Å². The van der Waals surface area contributed by atoms with E-state index in [-0.39, 0.29) is 10.7 Å². The number of nitrogens with zero attached hydrogens (tertiary/aromatic N) is 3.